The highest BCUT2D eigenvalue weighted by molar-refractivity contribution is 9.09. The largest absolute Gasteiger partial charge is 0.303 e. The van der Waals surface area contributed by atoms with Gasteiger partial charge in [0.05, 0.1) is 0 Å². The zero-order chi connectivity index (χ0) is 11.4. The van der Waals surface area contributed by atoms with Gasteiger partial charge in [-0.15, -0.1) is 0 Å². The molecule has 0 spiro atoms. The highest BCUT2D eigenvalue weighted by Gasteiger charge is 2.21. The van der Waals surface area contributed by atoms with E-state index in [2.05, 4.69) is 62.5 Å². The van der Waals surface area contributed by atoms with Gasteiger partial charge in [-0.25, -0.2) is 0 Å². The van der Waals surface area contributed by atoms with Gasteiger partial charge in [-0.2, -0.15) is 0 Å². The van der Waals surface area contributed by atoms with Gasteiger partial charge in [0.25, 0.3) is 0 Å². The van der Waals surface area contributed by atoms with Crippen LogP contribution in [0.2, 0.25) is 0 Å². The number of rotatable bonds is 6. The molecule has 0 aromatic heterocycles. The second-order valence-corrected chi connectivity index (χ2v) is 6.25. The van der Waals surface area contributed by atoms with Gasteiger partial charge >= 0.3 is 0 Å². The fourth-order valence-electron chi connectivity index (χ4n) is 1.74. The van der Waals surface area contributed by atoms with Crippen LogP contribution in [0.25, 0.3) is 0 Å². The minimum atomic E-state index is 0.375. The lowest BCUT2D eigenvalue weighted by atomic mass is 9.94. The normalized spacial score (nSPS) is 15.2. The predicted octanol–water partition coefficient (Wildman–Crippen LogP) is 3.77. The van der Waals surface area contributed by atoms with Crippen molar-refractivity contribution in [3.8, 4) is 0 Å². The molecule has 0 aliphatic heterocycles. The van der Waals surface area contributed by atoms with Gasteiger partial charge in [0.1, 0.15) is 0 Å². The van der Waals surface area contributed by atoms with Crippen molar-refractivity contribution in [2.45, 2.75) is 47.1 Å². The van der Waals surface area contributed by atoms with Gasteiger partial charge in [0.15, 0.2) is 0 Å². The van der Waals surface area contributed by atoms with E-state index in [1.54, 1.807) is 0 Å². The third-order valence-corrected chi connectivity index (χ3v) is 4.12. The Labute approximate surface area is 98.4 Å². The fraction of sp³-hybridized carbons (Fsp3) is 1.00. The second kappa shape index (κ2) is 6.12. The molecule has 0 fully saturated rings. The third-order valence-electron chi connectivity index (χ3n) is 2.60. The highest BCUT2D eigenvalue weighted by atomic mass is 79.9. The minimum absolute atomic E-state index is 0.375. The van der Waals surface area contributed by atoms with Crippen molar-refractivity contribution in [2.24, 2.45) is 11.3 Å². The molecule has 0 aliphatic rings. The monoisotopic (exact) mass is 263 g/mol. The highest BCUT2D eigenvalue weighted by Crippen LogP contribution is 2.21. The molecular weight excluding hydrogens is 238 g/mol. The van der Waals surface area contributed by atoms with Crippen LogP contribution in [0.15, 0.2) is 0 Å². The van der Waals surface area contributed by atoms with E-state index in [1.807, 2.05) is 0 Å². The Balaban J connectivity index is 4.00. The molecule has 14 heavy (non-hydrogen) atoms. The van der Waals surface area contributed by atoms with Gasteiger partial charge in [-0.3, -0.25) is 0 Å². The van der Waals surface area contributed by atoms with Crippen LogP contribution in [-0.4, -0.2) is 29.9 Å². The SMILES string of the molecule is CC(C)CC(C)N(C)CC(C)(C)CBr. The Morgan fingerprint density at radius 1 is 1.21 bits per heavy atom. The Hall–Kier alpha value is 0.440. The van der Waals surface area contributed by atoms with E-state index >= 15 is 0 Å². The quantitative estimate of drug-likeness (QED) is 0.660. The van der Waals surface area contributed by atoms with Crippen molar-refractivity contribution in [2.75, 3.05) is 18.9 Å². The van der Waals surface area contributed by atoms with Crippen LogP contribution in [-0.2, 0) is 0 Å². The van der Waals surface area contributed by atoms with Crippen LogP contribution in [0.5, 0.6) is 0 Å². The first kappa shape index (κ1) is 14.4. The summed E-state index contributed by atoms with van der Waals surface area (Å²) in [6.45, 7) is 12.7. The van der Waals surface area contributed by atoms with Crippen LogP contribution in [0.3, 0.4) is 0 Å². The molecule has 1 nitrogen and oxygen atoms in total. The molecule has 1 unspecified atom stereocenters. The van der Waals surface area contributed by atoms with Crippen LogP contribution >= 0.6 is 15.9 Å². The molecule has 0 aromatic carbocycles. The molecule has 86 valence electrons. The minimum Gasteiger partial charge on any atom is -0.303 e. The summed E-state index contributed by atoms with van der Waals surface area (Å²) in [4.78, 5) is 2.47. The summed E-state index contributed by atoms with van der Waals surface area (Å²) < 4.78 is 0. The van der Waals surface area contributed by atoms with E-state index in [9.17, 15) is 0 Å². The number of halogens is 1. The van der Waals surface area contributed by atoms with Crippen LogP contribution in [0.1, 0.15) is 41.0 Å². The smallest absolute Gasteiger partial charge is 0.00949 e. The van der Waals surface area contributed by atoms with Crippen molar-refractivity contribution in [1.29, 1.82) is 0 Å². The maximum atomic E-state index is 3.57. The summed E-state index contributed by atoms with van der Waals surface area (Å²) in [5, 5.41) is 1.07. The van der Waals surface area contributed by atoms with Gasteiger partial charge < -0.3 is 4.90 Å². The summed E-state index contributed by atoms with van der Waals surface area (Å²) in [6, 6.07) is 0.688. The topological polar surface area (TPSA) is 3.24 Å². The molecule has 1 atom stereocenters. The van der Waals surface area contributed by atoms with E-state index in [0.717, 1.165) is 17.8 Å². The lowest BCUT2D eigenvalue weighted by Gasteiger charge is -2.33. The van der Waals surface area contributed by atoms with Gasteiger partial charge in [0.2, 0.25) is 0 Å². The zero-order valence-electron chi connectivity index (χ0n) is 10.6. The van der Waals surface area contributed by atoms with Gasteiger partial charge in [0, 0.05) is 17.9 Å². The maximum absolute atomic E-state index is 3.57. The van der Waals surface area contributed by atoms with Crippen LogP contribution < -0.4 is 0 Å². The predicted molar refractivity (Wildman–Crippen MR) is 69.1 cm³/mol. The third kappa shape index (κ3) is 6.02. The first-order valence-electron chi connectivity index (χ1n) is 5.54. The Bertz CT molecular complexity index is 154. The van der Waals surface area contributed by atoms with Crippen molar-refractivity contribution in [1.82, 2.24) is 4.90 Å². The van der Waals surface area contributed by atoms with Crippen molar-refractivity contribution in [3.05, 3.63) is 0 Å². The summed E-state index contributed by atoms with van der Waals surface area (Å²) in [7, 11) is 2.23. The first-order chi connectivity index (χ1) is 6.28. The standard InChI is InChI=1S/C12H26BrN/c1-10(2)7-11(3)14(6)9-12(4,5)8-13/h10-11H,7-9H2,1-6H3. The first-order valence-corrected chi connectivity index (χ1v) is 6.67. The molecule has 0 radical (unpaired) electrons. The maximum Gasteiger partial charge on any atom is 0.00949 e. The number of hydrogen-bond acceptors (Lipinski definition) is 1. The molecule has 0 N–H and O–H groups in total. The van der Waals surface area contributed by atoms with Crippen molar-refractivity contribution >= 4 is 15.9 Å². The fourth-order valence-corrected chi connectivity index (χ4v) is 1.91. The van der Waals surface area contributed by atoms with Crippen LogP contribution in [0, 0.1) is 11.3 Å². The summed E-state index contributed by atoms with van der Waals surface area (Å²) in [6.07, 6.45) is 1.29. The Morgan fingerprint density at radius 2 is 1.71 bits per heavy atom. The Kier molecular flexibility index (Phi) is 6.31. The lowest BCUT2D eigenvalue weighted by molar-refractivity contribution is 0.168. The summed E-state index contributed by atoms with van der Waals surface area (Å²) in [5.41, 5.74) is 0.375. The number of alkyl halides is 1. The molecule has 0 aliphatic carbocycles. The van der Waals surface area contributed by atoms with Gasteiger partial charge in [-0.1, -0.05) is 43.6 Å². The Morgan fingerprint density at radius 3 is 2.07 bits per heavy atom. The molecule has 0 saturated heterocycles. The average Bonchev–Trinajstić information content (AvgIpc) is 2.02. The molecule has 0 rings (SSSR count). The van der Waals surface area contributed by atoms with Crippen molar-refractivity contribution < 1.29 is 0 Å². The van der Waals surface area contributed by atoms with Crippen LogP contribution in [0.4, 0.5) is 0 Å². The van der Waals surface area contributed by atoms with E-state index < -0.39 is 0 Å². The van der Waals surface area contributed by atoms with E-state index in [1.165, 1.54) is 6.42 Å². The summed E-state index contributed by atoms with van der Waals surface area (Å²) >= 11 is 3.57. The molecule has 2 heteroatoms. The summed E-state index contributed by atoms with van der Waals surface area (Å²) in [5.74, 6) is 0.791. The number of nitrogens with zero attached hydrogens (tertiary/aromatic N) is 1. The molecule has 0 bridgehead atoms. The molecule has 0 saturated carbocycles. The van der Waals surface area contributed by atoms with E-state index in [0.29, 0.717) is 11.5 Å². The van der Waals surface area contributed by atoms with E-state index in [4.69, 9.17) is 0 Å². The molecule has 0 amide bonds. The molecule has 0 aromatic rings. The second-order valence-electron chi connectivity index (χ2n) is 5.69. The van der Waals surface area contributed by atoms with Gasteiger partial charge in [-0.05, 0) is 31.7 Å². The average molecular weight is 264 g/mol. The van der Waals surface area contributed by atoms with E-state index in [-0.39, 0.29) is 0 Å². The zero-order valence-corrected chi connectivity index (χ0v) is 12.2. The molecule has 0 heterocycles. The number of hydrogen-bond donors (Lipinski definition) is 0. The lowest BCUT2D eigenvalue weighted by Crippen LogP contribution is -2.38. The molecular formula is C12H26BrN. The van der Waals surface area contributed by atoms with Crippen molar-refractivity contribution in [3.63, 3.8) is 0 Å².